The summed E-state index contributed by atoms with van der Waals surface area (Å²) in [6, 6.07) is 83.2. The number of fused-ring (bicyclic) bond motifs is 10. The third kappa shape index (κ3) is 6.16. The van der Waals surface area contributed by atoms with E-state index in [2.05, 4.69) is 228 Å². The highest BCUT2D eigenvalue weighted by atomic mass is 16.3. The molecule has 0 N–H and O–H groups in total. The van der Waals surface area contributed by atoms with Crippen molar-refractivity contribution in [3.05, 3.63) is 237 Å². The van der Waals surface area contributed by atoms with Gasteiger partial charge in [0.1, 0.15) is 11.2 Å². The van der Waals surface area contributed by atoms with E-state index in [-0.39, 0.29) is 0 Å². The van der Waals surface area contributed by atoms with E-state index in [1.807, 2.05) is 18.2 Å². The molecule has 6 heteroatoms. The Balaban J connectivity index is 1.13. The lowest BCUT2D eigenvalue weighted by Crippen LogP contribution is -2.08. The summed E-state index contributed by atoms with van der Waals surface area (Å²) in [7, 11) is 0. The number of rotatable bonds is 7. The van der Waals surface area contributed by atoms with Crippen LogP contribution in [0.15, 0.2) is 241 Å². The van der Waals surface area contributed by atoms with Crippen molar-refractivity contribution in [2.24, 2.45) is 0 Å². The summed E-state index contributed by atoms with van der Waals surface area (Å²) in [5, 5.41) is 6.60. The highest BCUT2D eigenvalue weighted by Crippen LogP contribution is 2.45. The average Bonchev–Trinajstić information content (AvgIpc) is 4.09. The molecule has 14 aromatic rings. The van der Waals surface area contributed by atoms with Crippen LogP contribution in [-0.2, 0) is 0 Å². The van der Waals surface area contributed by atoms with Gasteiger partial charge in [-0.15, -0.1) is 0 Å². The zero-order valence-corrected chi connectivity index (χ0v) is 37.2. The van der Waals surface area contributed by atoms with Crippen molar-refractivity contribution in [1.29, 1.82) is 0 Å². The number of aromatic nitrogens is 5. The minimum Gasteiger partial charge on any atom is -0.455 e. The van der Waals surface area contributed by atoms with Crippen LogP contribution in [0.3, 0.4) is 0 Å². The molecule has 0 radical (unpaired) electrons. The van der Waals surface area contributed by atoms with Gasteiger partial charge in [-0.1, -0.05) is 206 Å². The molecule has 69 heavy (non-hydrogen) atoms. The molecule has 0 spiro atoms. The quantitative estimate of drug-likeness (QED) is 0.160. The van der Waals surface area contributed by atoms with E-state index in [1.54, 1.807) is 0 Å². The van der Waals surface area contributed by atoms with Crippen molar-refractivity contribution in [3.63, 3.8) is 0 Å². The number of furan rings is 1. The second-order valence-electron chi connectivity index (χ2n) is 17.5. The highest BCUT2D eigenvalue weighted by Gasteiger charge is 2.26. The van der Waals surface area contributed by atoms with Crippen LogP contribution in [0.25, 0.3) is 133 Å². The van der Waals surface area contributed by atoms with Gasteiger partial charge in [0.2, 0.25) is 5.95 Å². The largest absolute Gasteiger partial charge is 0.455 e. The molecule has 0 aliphatic carbocycles. The van der Waals surface area contributed by atoms with Crippen LogP contribution in [0, 0.1) is 0 Å². The van der Waals surface area contributed by atoms with E-state index in [0.29, 0.717) is 17.6 Å². The lowest BCUT2D eigenvalue weighted by molar-refractivity contribution is 0.670. The van der Waals surface area contributed by atoms with Gasteiger partial charge in [-0.2, -0.15) is 9.97 Å². The Hall–Kier alpha value is -9.39. The molecule has 4 aromatic heterocycles. The average molecular weight is 882 g/mol. The summed E-state index contributed by atoms with van der Waals surface area (Å²) in [5.41, 5.74) is 15.1. The van der Waals surface area contributed by atoms with Gasteiger partial charge in [0.05, 0.1) is 22.1 Å². The van der Waals surface area contributed by atoms with E-state index in [0.717, 1.165) is 116 Å². The van der Waals surface area contributed by atoms with E-state index in [1.165, 1.54) is 0 Å². The molecule has 0 saturated carbocycles. The molecule has 0 amide bonds. The van der Waals surface area contributed by atoms with Crippen molar-refractivity contribution in [1.82, 2.24) is 24.1 Å². The molecular formula is C63H39N5O. The van der Waals surface area contributed by atoms with Crippen LogP contribution < -0.4 is 0 Å². The summed E-state index contributed by atoms with van der Waals surface area (Å²) >= 11 is 0. The van der Waals surface area contributed by atoms with Crippen molar-refractivity contribution < 1.29 is 4.42 Å². The predicted molar refractivity (Wildman–Crippen MR) is 283 cm³/mol. The number of hydrogen-bond acceptors (Lipinski definition) is 4. The van der Waals surface area contributed by atoms with Crippen molar-refractivity contribution in [2.45, 2.75) is 0 Å². The molecular weight excluding hydrogens is 843 g/mol. The van der Waals surface area contributed by atoms with E-state index >= 15 is 0 Å². The van der Waals surface area contributed by atoms with E-state index in [4.69, 9.17) is 19.4 Å². The Morgan fingerprint density at radius 1 is 0.304 bits per heavy atom. The topological polar surface area (TPSA) is 61.7 Å². The van der Waals surface area contributed by atoms with Crippen molar-refractivity contribution in [2.75, 3.05) is 0 Å². The van der Waals surface area contributed by atoms with Gasteiger partial charge in [0.15, 0.2) is 11.6 Å². The summed E-state index contributed by atoms with van der Waals surface area (Å²) in [6.45, 7) is 0. The number of benzene rings is 10. The van der Waals surface area contributed by atoms with Crippen LogP contribution in [-0.4, -0.2) is 24.1 Å². The second kappa shape index (κ2) is 15.6. The first-order chi connectivity index (χ1) is 34.2. The van der Waals surface area contributed by atoms with Gasteiger partial charge >= 0.3 is 0 Å². The van der Waals surface area contributed by atoms with Crippen LogP contribution in [0.2, 0.25) is 0 Å². The maximum atomic E-state index is 6.71. The molecule has 0 bridgehead atoms. The molecule has 10 aromatic carbocycles. The molecule has 6 nitrogen and oxygen atoms in total. The van der Waals surface area contributed by atoms with E-state index in [9.17, 15) is 0 Å². The Labute approximate surface area is 396 Å². The van der Waals surface area contributed by atoms with Gasteiger partial charge in [-0.3, -0.25) is 4.57 Å². The minimum atomic E-state index is 0.525. The summed E-state index contributed by atoms with van der Waals surface area (Å²) in [5.74, 6) is 1.69. The van der Waals surface area contributed by atoms with Gasteiger partial charge in [0.25, 0.3) is 0 Å². The predicted octanol–water partition coefficient (Wildman–Crippen LogP) is 16.3. The number of para-hydroxylation sites is 3. The van der Waals surface area contributed by atoms with Crippen molar-refractivity contribution in [3.8, 4) is 67.8 Å². The number of nitrogens with zero attached hydrogens (tertiary/aromatic N) is 5. The van der Waals surface area contributed by atoms with Crippen LogP contribution >= 0.6 is 0 Å². The molecule has 4 heterocycles. The molecule has 0 fully saturated rings. The normalized spacial score (nSPS) is 11.8. The first-order valence-corrected chi connectivity index (χ1v) is 23.3. The summed E-state index contributed by atoms with van der Waals surface area (Å²) in [6.07, 6.45) is 0. The lowest BCUT2D eigenvalue weighted by Gasteiger charge is -2.16. The highest BCUT2D eigenvalue weighted by molar-refractivity contribution is 6.24. The third-order valence-electron chi connectivity index (χ3n) is 13.6. The molecule has 0 aliphatic rings. The molecule has 14 rings (SSSR count). The fraction of sp³-hybridized carbons (Fsp3) is 0. The maximum absolute atomic E-state index is 6.71. The van der Waals surface area contributed by atoms with Gasteiger partial charge < -0.3 is 8.98 Å². The summed E-state index contributed by atoms with van der Waals surface area (Å²) < 4.78 is 11.4. The molecule has 0 aliphatic heterocycles. The maximum Gasteiger partial charge on any atom is 0.238 e. The monoisotopic (exact) mass is 881 g/mol. The number of hydrogen-bond donors (Lipinski definition) is 0. The fourth-order valence-corrected chi connectivity index (χ4v) is 10.6. The Kier molecular flexibility index (Phi) is 8.79. The van der Waals surface area contributed by atoms with Crippen molar-refractivity contribution >= 4 is 65.6 Å². The fourth-order valence-electron chi connectivity index (χ4n) is 10.6. The molecule has 0 saturated heterocycles. The standard InChI is InChI=1S/C63H39N5O/c1-4-20-40(21-5-1)44-26-10-12-31-51(44)61-64-62(52-32-13-11-27-45(52)41-22-6-2-7-23-41)66-63(65-61)68-56-34-18-15-29-47(56)50-37-36-49-46-28-14-17-33-55(46)67(58(49)59(50)68)43-38-53(42-24-8-3-9-25-42)60-54(39-43)48-30-16-19-35-57(48)69-60/h1-39H. The van der Waals surface area contributed by atoms with E-state index < -0.39 is 0 Å². The summed E-state index contributed by atoms with van der Waals surface area (Å²) in [4.78, 5) is 16.5. The first-order valence-electron chi connectivity index (χ1n) is 23.3. The molecule has 0 atom stereocenters. The minimum absolute atomic E-state index is 0.525. The smallest absolute Gasteiger partial charge is 0.238 e. The second-order valence-corrected chi connectivity index (χ2v) is 17.5. The van der Waals surface area contributed by atoms with Gasteiger partial charge in [-0.25, -0.2) is 4.98 Å². The molecule has 322 valence electrons. The Morgan fingerprint density at radius 3 is 1.30 bits per heavy atom. The third-order valence-corrected chi connectivity index (χ3v) is 13.6. The zero-order chi connectivity index (χ0) is 45.4. The van der Waals surface area contributed by atoms with Gasteiger partial charge in [-0.05, 0) is 58.1 Å². The molecule has 0 unspecified atom stereocenters. The zero-order valence-electron chi connectivity index (χ0n) is 37.2. The Bertz CT molecular complexity index is 4200. The van der Waals surface area contributed by atoms with Crippen LogP contribution in [0.4, 0.5) is 0 Å². The van der Waals surface area contributed by atoms with Crippen LogP contribution in [0.5, 0.6) is 0 Å². The van der Waals surface area contributed by atoms with Crippen LogP contribution in [0.1, 0.15) is 0 Å². The van der Waals surface area contributed by atoms with Gasteiger partial charge in [0, 0.05) is 54.7 Å². The Morgan fingerprint density at radius 2 is 0.739 bits per heavy atom. The first kappa shape index (κ1) is 38.8. The SMILES string of the molecule is c1ccc(-c2ccccc2-c2nc(-c3ccccc3-c3ccccc3)nc(-n3c4ccccc4c4ccc5c6ccccc6n(-c6cc(-c7ccccc7)c7oc8ccccc8c7c6)c5c43)n2)cc1. The lowest BCUT2D eigenvalue weighted by atomic mass is 9.98.